The number of carbonyl (C=O) groups is 1. The lowest BCUT2D eigenvalue weighted by atomic mass is 10.2. The first-order valence-corrected chi connectivity index (χ1v) is 5.22. The lowest BCUT2D eigenvalue weighted by Crippen LogP contribution is -2.12. The van der Waals surface area contributed by atoms with Gasteiger partial charge in [-0.2, -0.15) is 0 Å². The van der Waals surface area contributed by atoms with Gasteiger partial charge in [0, 0.05) is 11.6 Å². The number of hydrogen-bond donors (Lipinski definition) is 2. The van der Waals surface area contributed by atoms with Crippen LogP contribution >= 0.6 is 0 Å². The molecular weight excluding hydrogens is 236 g/mol. The first kappa shape index (κ1) is 12.0. The first-order valence-electron chi connectivity index (χ1n) is 5.22. The van der Waals surface area contributed by atoms with Crippen molar-refractivity contribution >= 4 is 11.7 Å². The number of rotatable bonds is 3. The van der Waals surface area contributed by atoms with Crippen LogP contribution in [0.15, 0.2) is 28.8 Å². The number of phenolic OH excluding ortho intramolecular Hbond substituents is 1. The zero-order valence-electron chi connectivity index (χ0n) is 9.93. The Morgan fingerprint density at radius 3 is 2.83 bits per heavy atom. The number of anilines is 1. The predicted molar refractivity (Wildman–Crippen MR) is 63.9 cm³/mol. The van der Waals surface area contributed by atoms with Crippen molar-refractivity contribution in [3.8, 4) is 11.5 Å². The maximum absolute atomic E-state index is 11.9. The minimum atomic E-state index is -0.360. The Labute approximate surface area is 103 Å². The van der Waals surface area contributed by atoms with Crippen LogP contribution < -0.4 is 10.1 Å². The Bertz CT molecular complexity index is 577. The number of hydrogen-bond acceptors (Lipinski definition) is 5. The molecule has 1 aromatic heterocycles. The highest BCUT2D eigenvalue weighted by Gasteiger charge is 2.11. The van der Waals surface area contributed by atoms with Crippen LogP contribution in [0.25, 0.3) is 0 Å². The summed E-state index contributed by atoms with van der Waals surface area (Å²) >= 11 is 0. The maximum Gasteiger partial charge on any atom is 0.257 e. The normalized spacial score (nSPS) is 10.1. The molecule has 0 radical (unpaired) electrons. The van der Waals surface area contributed by atoms with Gasteiger partial charge in [-0.15, -0.1) is 0 Å². The van der Waals surface area contributed by atoms with E-state index in [0.29, 0.717) is 17.1 Å². The lowest BCUT2D eigenvalue weighted by molar-refractivity contribution is 0.102. The molecule has 0 aliphatic heterocycles. The summed E-state index contributed by atoms with van der Waals surface area (Å²) in [6.45, 7) is 1.73. The molecule has 6 nitrogen and oxygen atoms in total. The van der Waals surface area contributed by atoms with E-state index in [4.69, 9.17) is 9.26 Å². The fourth-order valence-corrected chi connectivity index (χ4v) is 1.43. The highest BCUT2D eigenvalue weighted by Crippen LogP contribution is 2.26. The van der Waals surface area contributed by atoms with Crippen LogP contribution in [0.4, 0.5) is 5.82 Å². The maximum atomic E-state index is 11.9. The van der Waals surface area contributed by atoms with E-state index in [-0.39, 0.29) is 17.4 Å². The van der Waals surface area contributed by atoms with Crippen LogP contribution in [0, 0.1) is 6.92 Å². The number of amides is 1. The number of aromatic nitrogens is 1. The fraction of sp³-hybridized carbons (Fsp3) is 0.167. The van der Waals surface area contributed by atoms with Gasteiger partial charge in [0.25, 0.3) is 5.91 Å². The largest absolute Gasteiger partial charge is 0.504 e. The minimum absolute atomic E-state index is 0.0219. The van der Waals surface area contributed by atoms with E-state index in [9.17, 15) is 9.90 Å². The highest BCUT2D eigenvalue weighted by atomic mass is 16.5. The van der Waals surface area contributed by atoms with Gasteiger partial charge in [-0.1, -0.05) is 5.16 Å². The van der Waals surface area contributed by atoms with Crippen LogP contribution in [0.5, 0.6) is 11.5 Å². The molecule has 1 heterocycles. The van der Waals surface area contributed by atoms with Crippen molar-refractivity contribution in [1.82, 2.24) is 5.16 Å². The van der Waals surface area contributed by atoms with Crippen molar-refractivity contribution in [2.75, 3.05) is 12.4 Å². The molecule has 0 atom stereocenters. The van der Waals surface area contributed by atoms with E-state index in [2.05, 4.69) is 10.5 Å². The number of nitrogens with zero attached hydrogens (tertiary/aromatic N) is 1. The molecule has 2 rings (SSSR count). The summed E-state index contributed by atoms with van der Waals surface area (Å²) in [6, 6.07) is 5.93. The number of aromatic hydroxyl groups is 1. The van der Waals surface area contributed by atoms with Gasteiger partial charge >= 0.3 is 0 Å². The molecule has 2 N–H and O–H groups in total. The van der Waals surface area contributed by atoms with E-state index < -0.39 is 0 Å². The van der Waals surface area contributed by atoms with Gasteiger partial charge in [0.05, 0.1) is 7.11 Å². The Kier molecular flexibility index (Phi) is 3.18. The molecule has 0 spiro atoms. The second kappa shape index (κ2) is 4.79. The number of aryl methyl sites for hydroxylation is 1. The van der Waals surface area contributed by atoms with Crippen LogP contribution in [-0.2, 0) is 0 Å². The monoisotopic (exact) mass is 248 g/mol. The summed E-state index contributed by atoms with van der Waals surface area (Å²) in [5.74, 6) is 0.796. The molecule has 0 aliphatic rings. The number of methoxy groups -OCH3 is 1. The number of ether oxygens (including phenoxy) is 1. The predicted octanol–water partition coefficient (Wildman–Crippen LogP) is 1.95. The van der Waals surface area contributed by atoms with Crippen LogP contribution in [0.1, 0.15) is 16.1 Å². The van der Waals surface area contributed by atoms with Crippen molar-refractivity contribution in [1.29, 1.82) is 0 Å². The van der Waals surface area contributed by atoms with Gasteiger partial charge in [-0.25, -0.2) is 0 Å². The zero-order chi connectivity index (χ0) is 13.1. The second-order valence-electron chi connectivity index (χ2n) is 3.66. The number of nitrogens with one attached hydrogen (secondary N) is 1. The third kappa shape index (κ3) is 2.42. The standard InChI is InChI=1S/C12H12N2O4/c1-7-5-11(14-18-7)13-12(16)8-3-4-9(15)10(6-8)17-2/h3-6,15H,1-2H3,(H,13,14,16). The third-order valence-corrected chi connectivity index (χ3v) is 2.31. The quantitative estimate of drug-likeness (QED) is 0.867. The van der Waals surface area contributed by atoms with Crippen molar-refractivity contribution in [2.24, 2.45) is 0 Å². The van der Waals surface area contributed by atoms with Gasteiger partial charge in [0.1, 0.15) is 5.76 Å². The van der Waals surface area contributed by atoms with Crippen molar-refractivity contribution in [3.05, 3.63) is 35.6 Å². The SMILES string of the molecule is COc1cc(C(=O)Nc2cc(C)on2)ccc1O. The van der Waals surface area contributed by atoms with Crippen LogP contribution in [-0.4, -0.2) is 23.3 Å². The molecular formula is C12H12N2O4. The number of phenols is 1. The molecule has 0 bridgehead atoms. The van der Waals surface area contributed by atoms with E-state index in [0.717, 1.165) is 0 Å². The van der Waals surface area contributed by atoms with E-state index in [1.807, 2.05) is 0 Å². The smallest absolute Gasteiger partial charge is 0.257 e. The molecule has 18 heavy (non-hydrogen) atoms. The summed E-state index contributed by atoms with van der Waals surface area (Å²) in [7, 11) is 1.41. The molecule has 0 unspecified atom stereocenters. The van der Waals surface area contributed by atoms with Gasteiger partial charge in [0.2, 0.25) is 0 Å². The van der Waals surface area contributed by atoms with Gasteiger partial charge in [-0.3, -0.25) is 4.79 Å². The Balaban J connectivity index is 2.18. The molecule has 0 saturated heterocycles. The molecule has 1 aromatic carbocycles. The fourth-order valence-electron chi connectivity index (χ4n) is 1.43. The van der Waals surface area contributed by atoms with Crippen LogP contribution in [0.3, 0.4) is 0 Å². The molecule has 1 amide bonds. The Morgan fingerprint density at radius 1 is 1.44 bits per heavy atom. The van der Waals surface area contributed by atoms with Gasteiger partial charge < -0.3 is 19.7 Å². The average Bonchev–Trinajstić information content (AvgIpc) is 2.75. The molecule has 6 heteroatoms. The summed E-state index contributed by atoms with van der Waals surface area (Å²) < 4.78 is 9.76. The van der Waals surface area contributed by atoms with E-state index in [1.165, 1.54) is 25.3 Å². The molecule has 94 valence electrons. The summed E-state index contributed by atoms with van der Waals surface area (Å²) in [6.07, 6.45) is 0. The van der Waals surface area contributed by atoms with Crippen molar-refractivity contribution < 1.29 is 19.2 Å². The molecule has 2 aromatic rings. The Morgan fingerprint density at radius 2 is 2.22 bits per heavy atom. The van der Waals surface area contributed by atoms with E-state index >= 15 is 0 Å². The topological polar surface area (TPSA) is 84.6 Å². The average molecular weight is 248 g/mol. The van der Waals surface area contributed by atoms with Crippen molar-refractivity contribution in [2.45, 2.75) is 6.92 Å². The van der Waals surface area contributed by atoms with Crippen molar-refractivity contribution in [3.63, 3.8) is 0 Å². The molecule has 0 aliphatic carbocycles. The number of carbonyl (C=O) groups excluding carboxylic acids is 1. The first-order chi connectivity index (χ1) is 8.60. The van der Waals surface area contributed by atoms with Gasteiger partial charge in [-0.05, 0) is 25.1 Å². The zero-order valence-corrected chi connectivity index (χ0v) is 9.93. The highest BCUT2D eigenvalue weighted by molar-refractivity contribution is 6.04. The van der Waals surface area contributed by atoms with Gasteiger partial charge in [0.15, 0.2) is 17.3 Å². The molecule has 0 saturated carbocycles. The number of benzene rings is 1. The summed E-state index contributed by atoms with van der Waals surface area (Å²) in [5, 5.41) is 15.6. The van der Waals surface area contributed by atoms with E-state index in [1.54, 1.807) is 13.0 Å². The Hall–Kier alpha value is -2.50. The lowest BCUT2D eigenvalue weighted by Gasteiger charge is -2.06. The van der Waals surface area contributed by atoms with Crippen LogP contribution in [0.2, 0.25) is 0 Å². The third-order valence-electron chi connectivity index (χ3n) is 2.31. The minimum Gasteiger partial charge on any atom is -0.504 e. The second-order valence-corrected chi connectivity index (χ2v) is 3.66. The molecule has 0 fully saturated rings. The summed E-state index contributed by atoms with van der Waals surface area (Å²) in [5.41, 5.74) is 0.352. The summed E-state index contributed by atoms with van der Waals surface area (Å²) in [4.78, 5) is 11.9.